The molecule has 2 aromatic rings. The second kappa shape index (κ2) is 11.3. The number of benzene rings is 2. The first-order chi connectivity index (χ1) is 17.6. The molecule has 9 heteroatoms. The van der Waals surface area contributed by atoms with Crippen LogP contribution in [0.4, 0.5) is 0 Å². The molecule has 2 N–H and O–H groups in total. The number of carbonyl (C=O) groups is 2. The monoisotopic (exact) mass is 544 g/mol. The Labute approximate surface area is 226 Å². The number of carbonyl (C=O) groups excluding carboxylic acids is 2. The number of allylic oxidation sites excluding steroid dienone is 1. The highest BCUT2D eigenvalue weighted by Crippen LogP contribution is 2.44. The molecule has 37 heavy (non-hydrogen) atoms. The Morgan fingerprint density at radius 3 is 2.62 bits per heavy atom. The highest BCUT2D eigenvalue weighted by Gasteiger charge is 2.41. The van der Waals surface area contributed by atoms with Gasteiger partial charge in [-0.1, -0.05) is 47.5 Å². The number of methoxy groups -OCH3 is 1. The molecule has 0 amide bonds. The smallest absolute Gasteiger partial charge is 0.336 e. The number of nitrogens with one attached hydrogen (secondary N) is 1. The summed E-state index contributed by atoms with van der Waals surface area (Å²) in [6, 6.07) is 11.0. The topological polar surface area (TPSA) is 88.1 Å². The lowest BCUT2D eigenvalue weighted by Crippen LogP contribution is -2.48. The third-order valence-corrected chi connectivity index (χ3v) is 7.68. The zero-order chi connectivity index (χ0) is 26.9. The van der Waals surface area contributed by atoms with Crippen LogP contribution >= 0.6 is 23.2 Å². The average molecular weight is 545 g/mol. The fraction of sp³-hybridized carbons (Fsp3) is 0.357. The van der Waals surface area contributed by atoms with E-state index in [0.29, 0.717) is 39.7 Å². The average Bonchev–Trinajstić information content (AvgIpc) is 2.85. The lowest BCUT2D eigenvalue weighted by molar-refractivity contribution is -0.136. The predicted octanol–water partition coefficient (Wildman–Crippen LogP) is 4.32. The number of Topliss-reactive ketones (excluding diaryl/α,β-unsaturated/α-hetero) is 1. The molecule has 196 valence electrons. The highest BCUT2D eigenvalue weighted by atomic mass is 35.5. The van der Waals surface area contributed by atoms with E-state index in [-0.39, 0.29) is 30.5 Å². The molecule has 0 aromatic heterocycles. The maximum absolute atomic E-state index is 13.5. The molecule has 0 fully saturated rings. The standard InChI is InChI=1S/C28H30Cl2N2O5/c1-15-7-5-10-23(16(15)2)37-14-18(33)11-32-12-21-26(22(34)13-32)25(19-8-6-9-20(29)27(19)30)24(17(3)31-21)28(35)36-4/h5-10,18,25,31,33H,11-14H2,1-4H3. The molecule has 0 radical (unpaired) electrons. The van der Waals surface area contributed by atoms with E-state index in [0.717, 1.165) is 16.9 Å². The van der Waals surface area contributed by atoms with Crippen molar-refractivity contribution in [1.29, 1.82) is 0 Å². The van der Waals surface area contributed by atoms with Crippen LogP contribution in [-0.2, 0) is 14.3 Å². The molecule has 2 heterocycles. The Bertz CT molecular complexity index is 1300. The lowest BCUT2D eigenvalue weighted by Gasteiger charge is -2.38. The summed E-state index contributed by atoms with van der Waals surface area (Å²) in [6.07, 6.45) is -0.807. The summed E-state index contributed by atoms with van der Waals surface area (Å²) in [7, 11) is 1.30. The highest BCUT2D eigenvalue weighted by molar-refractivity contribution is 6.42. The van der Waals surface area contributed by atoms with Crippen LogP contribution in [-0.4, -0.2) is 61.2 Å². The lowest BCUT2D eigenvalue weighted by atomic mass is 9.77. The van der Waals surface area contributed by atoms with Crippen LogP contribution in [0.1, 0.15) is 29.5 Å². The Morgan fingerprint density at radius 2 is 1.89 bits per heavy atom. The van der Waals surface area contributed by atoms with E-state index in [1.165, 1.54) is 7.11 Å². The maximum Gasteiger partial charge on any atom is 0.336 e. The van der Waals surface area contributed by atoms with Crippen LogP contribution in [0.5, 0.6) is 5.75 Å². The first-order valence-electron chi connectivity index (χ1n) is 12.0. The fourth-order valence-corrected chi connectivity index (χ4v) is 5.32. The molecule has 0 spiro atoms. The molecule has 0 saturated carbocycles. The van der Waals surface area contributed by atoms with E-state index in [1.807, 2.05) is 36.9 Å². The zero-order valence-corrected chi connectivity index (χ0v) is 22.7. The minimum atomic E-state index is -0.807. The van der Waals surface area contributed by atoms with Gasteiger partial charge in [-0.2, -0.15) is 0 Å². The summed E-state index contributed by atoms with van der Waals surface area (Å²) in [5.41, 5.74) is 4.69. The molecular formula is C28H30Cl2N2O5. The van der Waals surface area contributed by atoms with E-state index in [2.05, 4.69) is 5.32 Å². The number of esters is 1. The molecule has 2 aromatic carbocycles. The zero-order valence-electron chi connectivity index (χ0n) is 21.2. The largest absolute Gasteiger partial charge is 0.491 e. The Morgan fingerprint density at radius 1 is 1.16 bits per heavy atom. The van der Waals surface area contributed by atoms with Crippen molar-refractivity contribution >= 4 is 35.0 Å². The van der Waals surface area contributed by atoms with Crippen molar-refractivity contribution in [2.75, 3.05) is 33.4 Å². The molecule has 0 aliphatic carbocycles. The normalized spacial score (nSPS) is 18.9. The van der Waals surface area contributed by atoms with Crippen LogP contribution in [0.3, 0.4) is 0 Å². The Hall–Kier alpha value is -2.84. The first-order valence-corrected chi connectivity index (χ1v) is 12.7. The molecule has 2 atom stereocenters. The quantitative estimate of drug-likeness (QED) is 0.501. The Kier molecular flexibility index (Phi) is 8.29. The number of aliphatic hydroxyl groups is 1. The van der Waals surface area contributed by atoms with Crippen molar-refractivity contribution in [3.8, 4) is 5.75 Å². The summed E-state index contributed by atoms with van der Waals surface area (Å²) in [5.74, 6) is -0.717. The number of ketones is 1. The van der Waals surface area contributed by atoms with E-state index in [1.54, 1.807) is 25.1 Å². The van der Waals surface area contributed by atoms with Crippen LogP contribution in [0.15, 0.2) is 58.9 Å². The molecule has 0 bridgehead atoms. The number of hydrogen-bond acceptors (Lipinski definition) is 7. The summed E-state index contributed by atoms with van der Waals surface area (Å²) in [6.45, 7) is 6.53. The second-order valence-electron chi connectivity index (χ2n) is 9.38. The number of nitrogens with zero attached hydrogens (tertiary/aromatic N) is 1. The third-order valence-electron chi connectivity index (χ3n) is 6.85. The second-order valence-corrected chi connectivity index (χ2v) is 10.2. The number of dihydropyridines is 1. The number of aryl methyl sites for hydroxylation is 1. The van der Waals surface area contributed by atoms with Crippen LogP contribution in [0.25, 0.3) is 0 Å². The first kappa shape index (κ1) is 27.2. The van der Waals surface area contributed by atoms with Gasteiger partial charge >= 0.3 is 5.97 Å². The van der Waals surface area contributed by atoms with Gasteiger partial charge in [-0.3, -0.25) is 9.69 Å². The SMILES string of the molecule is COC(=O)C1=C(C)NC2=C(C(=O)CN(CC(O)COc3cccc(C)c3C)C2)C1c1cccc(Cl)c1Cl. The van der Waals surface area contributed by atoms with Gasteiger partial charge in [0, 0.05) is 36.0 Å². The Balaban J connectivity index is 1.57. The number of ether oxygens (including phenoxy) is 2. The van der Waals surface area contributed by atoms with Crippen molar-refractivity contribution < 1.29 is 24.2 Å². The third kappa shape index (κ3) is 5.55. The van der Waals surface area contributed by atoms with Crippen LogP contribution < -0.4 is 10.1 Å². The number of aliphatic hydroxyl groups excluding tert-OH is 1. The maximum atomic E-state index is 13.5. The van der Waals surface area contributed by atoms with E-state index in [4.69, 9.17) is 32.7 Å². The number of hydrogen-bond donors (Lipinski definition) is 2. The van der Waals surface area contributed by atoms with Crippen molar-refractivity contribution in [3.63, 3.8) is 0 Å². The van der Waals surface area contributed by atoms with E-state index < -0.39 is 18.0 Å². The number of β-amino-alcohol motifs (C(OH)–C–C–N with tert-alkyl or cyclic N) is 1. The summed E-state index contributed by atoms with van der Waals surface area (Å²) < 4.78 is 10.9. The summed E-state index contributed by atoms with van der Waals surface area (Å²) in [5, 5.41) is 14.5. The van der Waals surface area contributed by atoms with Gasteiger partial charge in [0.25, 0.3) is 0 Å². The van der Waals surface area contributed by atoms with Gasteiger partial charge < -0.3 is 19.9 Å². The van der Waals surface area contributed by atoms with Crippen LogP contribution in [0.2, 0.25) is 10.0 Å². The minimum absolute atomic E-state index is 0.0727. The molecular weight excluding hydrogens is 515 g/mol. The van der Waals surface area contributed by atoms with Crippen molar-refractivity contribution in [2.24, 2.45) is 0 Å². The van der Waals surface area contributed by atoms with Gasteiger partial charge in [-0.15, -0.1) is 0 Å². The molecule has 2 unspecified atom stereocenters. The predicted molar refractivity (Wildman–Crippen MR) is 143 cm³/mol. The molecule has 4 rings (SSSR count). The fourth-order valence-electron chi connectivity index (χ4n) is 4.90. The van der Waals surface area contributed by atoms with Crippen molar-refractivity contribution in [3.05, 3.63) is 85.7 Å². The number of halogens is 2. The summed E-state index contributed by atoms with van der Waals surface area (Å²) >= 11 is 12.8. The van der Waals surface area contributed by atoms with E-state index >= 15 is 0 Å². The van der Waals surface area contributed by atoms with Gasteiger partial charge in [0.2, 0.25) is 0 Å². The molecule has 2 aliphatic rings. The molecule has 2 aliphatic heterocycles. The molecule has 0 saturated heterocycles. The minimum Gasteiger partial charge on any atom is -0.491 e. The van der Waals surface area contributed by atoms with Crippen molar-refractivity contribution in [2.45, 2.75) is 32.8 Å². The van der Waals surface area contributed by atoms with Crippen molar-refractivity contribution in [1.82, 2.24) is 10.2 Å². The summed E-state index contributed by atoms with van der Waals surface area (Å²) in [4.78, 5) is 28.2. The van der Waals surface area contributed by atoms with Gasteiger partial charge in [-0.05, 0) is 49.6 Å². The van der Waals surface area contributed by atoms with Gasteiger partial charge in [0.05, 0.1) is 29.3 Å². The van der Waals surface area contributed by atoms with Crippen LogP contribution in [0, 0.1) is 13.8 Å². The molecule has 7 nitrogen and oxygen atoms in total. The number of rotatable bonds is 7. The van der Waals surface area contributed by atoms with Gasteiger partial charge in [0.15, 0.2) is 5.78 Å². The van der Waals surface area contributed by atoms with Gasteiger partial charge in [0.1, 0.15) is 18.5 Å². The van der Waals surface area contributed by atoms with Gasteiger partial charge in [-0.25, -0.2) is 4.79 Å². The van der Waals surface area contributed by atoms with E-state index in [9.17, 15) is 14.7 Å².